The number of imide groups is 2. The van der Waals surface area contributed by atoms with Gasteiger partial charge in [-0.1, -0.05) is 0 Å². The number of ether oxygens (including phenoxy) is 1. The SMILES string of the molecule is CC(C)(C)OC(=O)N1CCN(c2cnc3c(n2)C(=O)N(C2CCC(=O)NC2=O)C3=O)CC1. The van der Waals surface area contributed by atoms with Gasteiger partial charge >= 0.3 is 6.09 Å². The number of hydrogen-bond donors (Lipinski definition) is 1. The molecule has 0 bridgehead atoms. The second-order valence-corrected chi connectivity index (χ2v) is 8.83. The minimum Gasteiger partial charge on any atom is -0.444 e. The standard InChI is InChI=1S/C20H24N6O6/c1-20(2,3)32-19(31)25-8-6-24(7-9-25)12-10-21-14-15(22-12)18(30)26(17(14)29)11-4-5-13(27)23-16(11)28/h10-11H,4-9H2,1-3H3,(H,23,27,28). The van der Waals surface area contributed by atoms with Crippen LogP contribution in [-0.2, 0) is 14.3 Å². The number of nitrogens with one attached hydrogen (secondary N) is 1. The van der Waals surface area contributed by atoms with E-state index in [0.717, 1.165) is 4.90 Å². The van der Waals surface area contributed by atoms with Crippen molar-refractivity contribution in [2.75, 3.05) is 31.1 Å². The van der Waals surface area contributed by atoms with Gasteiger partial charge in [0.2, 0.25) is 11.8 Å². The fourth-order valence-corrected chi connectivity index (χ4v) is 3.81. The second kappa shape index (κ2) is 7.84. The van der Waals surface area contributed by atoms with E-state index in [9.17, 15) is 24.0 Å². The van der Waals surface area contributed by atoms with Crippen molar-refractivity contribution < 1.29 is 28.7 Å². The first-order chi connectivity index (χ1) is 15.0. The molecular weight excluding hydrogens is 420 g/mol. The van der Waals surface area contributed by atoms with Gasteiger partial charge in [0.15, 0.2) is 11.4 Å². The zero-order valence-corrected chi connectivity index (χ0v) is 18.1. The van der Waals surface area contributed by atoms with E-state index in [1.54, 1.807) is 25.7 Å². The van der Waals surface area contributed by atoms with E-state index < -0.39 is 41.4 Å². The molecule has 32 heavy (non-hydrogen) atoms. The number of carbonyl (C=O) groups is 5. The molecule has 5 amide bonds. The van der Waals surface area contributed by atoms with Gasteiger partial charge in [0.05, 0.1) is 6.20 Å². The number of rotatable bonds is 2. The smallest absolute Gasteiger partial charge is 0.410 e. The van der Waals surface area contributed by atoms with Crippen molar-refractivity contribution in [2.24, 2.45) is 0 Å². The maximum absolute atomic E-state index is 12.9. The summed E-state index contributed by atoms with van der Waals surface area (Å²) in [5.41, 5.74) is -0.816. The Balaban J connectivity index is 1.46. The first-order valence-corrected chi connectivity index (χ1v) is 10.4. The zero-order chi connectivity index (χ0) is 23.2. The van der Waals surface area contributed by atoms with E-state index in [0.29, 0.717) is 32.0 Å². The van der Waals surface area contributed by atoms with Gasteiger partial charge in [-0.05, 0) is 27.2 Å². The van der Waals surface area contributed by atoms with Crippen molar-refractivity contribution >= 4 is 35.5 Å². The number of carbonyl (C=O) groups excluding carboxylic acids is 5. The predicted octanol–water partition coefficient (Wildman–Crippen LogP) is -0.0651. The molecule has 4 heterocycles. The topological polar surface area (TPSA) is 142 Å². The van der Waals surface area contributed by atoms with Crippen molar-refractivity contribution in [1.82, 2.24) is 25.1 Å². The highest BCUT2D eigenvalue weighted by Gasteiger charge is 2.46. The fourth-order valence-electron chi connectivity index (χ4n) is 3.81. The molecule has 2 fully saturated rings. The monoisotopic (exact) mass is 444 g/mol. The molecule has 1 N–H and O–H groups in total. The summed E-state index contributed by atoms with van der Waals surface area (Å²) < 4.78 is 5.39. The zero-order valence-electron chi connectivity index (χ0n) is 18.1. The second-order valence-electron chi connectivity index (χ2n) is 8.83. The molecule has 2 saturated heterocycles. The van der Waals surface area contributed by atoms with Crippen molar-refractivity contribution in [3.8, 4) is 0 Å². The van der Waals surface area contributed by atoms with E-state index in [-0.39, 0.29) is 24.2 Å². The van der Waals surface area contributed by atoms with Gasteiger partial charge in [-0.3, -0.25) is 29.4 Å². The Labute approximate surface area is 183 Å². The van der Waals surface area contributed by atoms with E-state index in [2.05, 4.69) is 15.3 Å². The molecule has 12 heteroatoms. The Morgan fingerprint density at radius 3 is 2.34 bits per heavy atom. The van der Waals surface area contributed by atoms with Crippen molar-refractivity contribution in [2.45, 2.75) is 45.3 Å². The molecule has 12 nitrogen and oxygen atoms in total. The molecule has 170 valence electrons. The minimum atomic E-state index is -1.07. The number of piperazine rings is 1. The molecule has 1 unspecified atom stereocenters. The molecule has 0 spiro atoms. The van der Waals surface area contributed by atoms with Gasteiger partial charge < -0.3 is 14.5 Å². The lowest BCUT2D eigenvalue weighted by atomic mass is 10.0. The molecule has 0 aliphatic carbocycles. The molecule has 0 aromatic carbocycles. The summed E-state index contributed by atoms with van der Waals surface area (Å²) in [5.74, 6) is -2.13. The van der Waals surface area contributed by atoms with E-state index in [1.807, 2.05) is 4.90 Å². The molecule has 1 atom stereocenters. The van der Waals surface area contributed by atoms with E-state index in [4.69, 9.17) is 4.74 Å². The normalized spacial score (nSPS) is 21.6. The molecule has 1 aromatic heterocycles. The number of nitrogens with zero attached hydrogens (tertiary/aromatic N) is 5. The lowest BCUT2D eigenvalue weighted by Gasteiger charge is -2.36. The highest BCUT2D eigenvalue weighted by molar-refractivity contribution is 6.21. The molecule has 4 rings (SSSR count). The van der Waals surface area contributed by atoms with Gasteiger partial charge in [-0.2, -0.15) is 0 Å². The van der Waals surface area contributed by atoms with Gasteiger partial charge in [-0.25, -0.2) is 14.8 Å². The van der Waals surface area contributed by atoms with Gasteiger partial charge in [-0.15, -0.1) is 0 Å². The maximum Gasteiger partial charge on any atom is 0.410 e. The number of amides is 5. The lowest BCUT2D eigenvalue weighted by Crippen LogP contribution is -2.54. The number of anilines is 1. The third-order valence-corrected chi connectivity index (χ3v) is 5.38. The Morgan fingerprint density at radius 1 is 1.06 bits per heavy atom. The van der Waals surface area contributed by atoms with Gasteiger partial charge in [0.1, 0.15) is 17.5 Å². The number of piperidine rings is 1. The van der Waals surface area contributed by atoms with E-state index >= 15 is 0 Å². The molecule has 1 aromatic rings. The summed E-state index contributed by atoms with van der Waals surface area (Å²) in [7, 11) is 0. The van der Waals surface area contributed by atoms with Crippen LogP contribution in [0.25, 0.3) is 0 Å². The van der Waals surface area contributed by atoms with Gasteiger partial charge in [0.25, 0.3) is 11.8 Å². The Bertz CT molecular complexity index is 1010. The average molecular weight is 444 g/mol. The molecule has 3 aliphatic heterocycles. The number of fused-ring (bicyclic) bond motifs is 1. The molecule has 0 saturated carbocycles. The summed E-state index contributed by atoms with van der Waals surface area (Å²) in [6, 6.07) is -1.07. The lowest BCUT2D eigenvalue weighted by molar-refractivity contribution is -0.136. The summed E-state index contributed by atoms with van der Waals surface area (Å²) >= 11 is 0. The van der Waals surface area contributed by atoms with Crippen LogP contribution >= 0.6 is 0 Å². The van der Waals surface area contributed by atoms with Crippen LogP contribution in [0.4, 0.5) is 10.6 Å². The molecule has 3 aliphatic rings. The molecule has 0 radical (unpaired) electrons. The quantitative estimate of drug-likeness (QED) is 0.621. The van der Waals surface area contributed by atoms with Crippen LogP contribution in [0, 0.1) is 0 Å². The Hall–Kier alpha value is -3.57. The summed E-state index contributed by atoms with van der Waals surface area (Å²) in [6.45, 7) is 7.12. The van der Waals surface area contributed by atoms with Gasteiger partial charge in [0, 0.05) is 32.6 Å². The predicted molar refractivity (Wildman–Crippen MR) is 109 cm³/mol. The van der Waals surface area contributed by atoms with Crippen LogP contribution in [0.2, 0.25) is 0 Å². The summed E-state index contributed by atoms with van der Waals surface area (Å²) in [4.78, 5) is 74.2. The first-order valence-electron chi connectivity index (χ1n) is 10.4. The minimum absolute atomic E-state index is 0.0395. The summed E-state index contributed by atoms with van der Waals surface area (Å²) in [6.07, 6.45) is 1.12. The van der Waals surface area contributed by atoms with Crippen LogP contribution in [-0.4, -0.2) is 87.3 Å². The number of aromatic nitrogens is 2. The van der Waals surface area contributed by atoms with Crippen LogP contribution in [0.15, 0.2) is 6.20 Å². The summed E-state index contributed by atoms with van der Waals surface area (Å²) in [5, 5.41) is 2.15. The van der Waals surface area contributed by atoms with Crippen LogP contribution in [0.5, 0.6) is 0 Å². The van der Waals surface area contributed by atoms with Crippen molar-refractivity contribution in [3.05, 3.63) is 17.6 Å². The van der Waals surface area contributed by atoms with Crippen molar-refractivity contribution in [1.29, 1.82) is 0 Å². The van der Waals surface area contributed by atoms with E-state index in [1.165, 1.54) is 6.20 Å². The fraction of sp³-hybridized carbons (Fsp3) is 0.550. The first kappa shape index (κ1) is 21.7. The third-order valence-electron chi connectivity index (χ3n) is 5.38. The number of hydrogen-bond acceptors (Lipinski definition) is 9. The maximum atomic E-state index is 12.9. The largest absolute Gasteiger partial charge is 0.444 e. The average Bonchev–Trinajstić information content (AvgIpc) is 2.97. The highest BCUT2D eigenvalue weighted by atomic mass is 16.6. The van der Waals surface area contributed by atoms with Crippen LogP contribution in [0.1, 0.15) is 54.6 Å². The van der Waals surface area contributed by atoms with Crippen LogP contribution < -0.4 is 10.2 Å². The molecular formula is C20H24N6O6. The Morgan fingerprint density at radius 2 is 1.72 bits per heavy atom. The Kier molecular flexibility index (Phi) is 5.31. The highest BCUT2D eigenvalue weighted by Crippen LogP contribution is 2.27. The third kappa shape index (κ3) is 3.99. The van der Waals surface area contributed by atoms with Crippen LogP contribution in [0.3, 0.4) is 0 Å². The van der Waals surface area contributed by atoms with Crippen molar-refractivity contribution in [3.63, 3.8) is 0 Å².